The molecule has 1 aromatic heterocycles. The summed E-state index contributed by atoms with van der Waals surface area (Å²) in [6.45, 7) is 2.63. The van der Waals surface area contributed by atoms with Gasteiger partial charge in [-0.2, -0.15) is 5.10 Å². The number of carboxylic acid groups (broad SMARTS) is 1. The Morgan fingerprint density at radius 1 is 1.35 bits per heavy atom. The fourth-order valence-corrected chi connectivity index (χ4v) is 3.69. The Morgan fingerprint density at radius 3 is 2.77 bits per heavy atom. The smallest absolute Gasteiger partial charge is 0.308 e. The largest absolute Gasteiger partial charge is 0.481 e. The summed E-state index contributed by atoms with van der Waals surface area (Å²) in [5, 5.41) is 14.3. The predicted octanol–water partition coefficient (Wildman–Crippen LogP) is 2.64. The van der Waals surface area contributed by atoms with Crippen LogP contribution in [0.4, 0.5) is 0 Å². The number of likely N-dealkylation sites (tertiary alicyclic amines) is 1. The van der Waals surface area contributed by atoms with Gasteiger partial charge in [-0.15, -0.1) is 0 Å². The summed E-state index contributed by atoms with van der Waals surface area (Å²) in [4.78, 5) is 26.1. The number of carboxylic acids is 1. The first kappa shape index (κ1) is 18.5. The van der Waals surface area contributed by atoms with Crippen LogP contribution in [-0.4, -0.2) is 44.8 Å². The Kier molecular flexibility index (Phi) is 5.32. The average Bonchev–Trinajstić information content (AvgIpc) is 3.05. The van der Waals surface area contributed by atoms with Gasteiger partial charge in [-0.3, -0.25) is 14.3 Å². The number of rotatable bonds is 4. The zero-order valence-corrected chi connectivity index (χ0v) is 15.6. The molecule has 1 aliphatic rings. The van der Waals surface area contributed by atoms with Crippen molar-refractivity contribution in [1.82, 2.24) is 14.7 Å². The molecular formula is C19H22ClN3O3. The van der Waals surface area contributed by atoms with Crippen LogP contribution in [0, 0.1) is 12.8 Å². The van der Waals surface area contributed by atoms with E-state index in [1.165, 1.54) is 0 Å². The van der Waals surface area contributed by atoms with Crippen LogP contribution >= 0.6 is 11.6 Å². The molecule has 6 nitrogen and oxygen atoms in total. The molecule has 26 heavy (non-hydrogen) atoms. The molecule has 7 heteroatoms. The first-order valence-electron chi connectivity index (χ1n) is 8.58. The molecule has 0 aliphatic carbocycles. The van der Waals surface area contributed by atoms with Gasteiger partial charge >= 0.3 is 5.97 Å². The standard InChI is InChI=1S/C19H22ClN3O3/c1-12-4-3-5-13(18(12)20)7-17(24)23-10-14(6-15(11-23)19(25)26)16-8-21-22(2)9-16/h3-5,8-9,14-15H,6-7,10-11H2,1-2H3,(H,25,26). The van der Waals surface area contributed by atoms with Crippen LogP contribution < -0.4 is 0 Å². The number of piperidine rings is 1. The van der Waals surface area contributed by atoms with Crippen molar-refractivity contribution in [3.05, 3.63) is 52.3 Å². The van der Waals surface area contributed by atoms with Gasteiger partial charge < -0.3 is 10.0 Å². The van der Waals surface area contributed by atoms with Crippen molar-refractivity contribution in [3.63, 3.8) is 0 Å². The lowest BCUT2D eigenvalue weighted by atomic mass is 9.85. The third-order valence-corrected chi connectivity index (χ3v) is 5.50. The quantitative estimate of drug-likeness (QED) is 0.891. The molecule has 1 saturated heterocycles. The van der Waals surface area contributed by atoms with E-state index in [4.69, 9.17) is 11.6 Å². The van der Waals surface area contributed by atoms with Gasteiger partial charge in [0, 0.05) is 37.3 Å². The van der Waals surface area contributed by atoms with E-state index in [0.29, 0.717) is 18.0 Å². The number of carbonyl (C=O) groups is 2. The summed E-state index contributed by atoms with van der Waals surface area (Å²) < 4.78 is 1.69. The summed E-state index contributed by atoms with van der Waals surface area (Å²) in [7, 11) is 1.82. The highest BCUT2D eigenvalue weighted by Gasteiger charge is 2.35. The van der Waals surface area contributed by atoms with Crippen LogP contribution in [0.15, 0.2) is 30.6 Å². The monoisotopic (exact) mass is 375 g/mol. The maximum Gasteiger partial charge on any atom is 0.308 e. The number of nitrogens with zero attached hydrogens (tertiary/aromatic N) is 3. The van der Waals surface area contributed by atoms with E-state index in [-0.39, 0.29) is 24.8 Å². The van der Waals surface area contributed by atoms with Gasteiger partial charge in [0.25, 0.3) is 0 Å². The highest BCUT2D eigenvalue weighted by atomic mass is 35.5. The molecule has 0 radical (unpaired) electrons. The summed E-state index contributed by atoms with van der Waals surface area (Å²) in [5.41, 5.74) is 2.66. The van der Waals surface area contributed by atoms with Crippen LogP contribution in [-0.2, 0) is 23.1 Å². The molecule has 2 heterocycles. The first-order chi connectivity index (χ1) is 12.3. The van der Waals surface area contributed by atoms with E-state index in [9.17, 15) is 14.7 Å². The molecule has 1 amide bonds. The molecule has 2 atom stereocenters. The van der Waals surface area contributed by atoms with E-state index in [1.807, 2.05) is 38.4 Å². The van der Waals surface area contributed by atoms with Crippen molar-refractivity contribution < 1.29 is 14.7 Å². The molecule has 138 valence electrons. The van der Waals surface area contributed by atoms with Gasteiger partial charge in [-0.25, -0.2) is 0 Å². The van der Waals surface area contributed by atoms with Gasteiger partial charge in [-0.1, -0.05) is 29.8 Å². The zero-order valence-electron chi connectivity index (χ0n) is 14.9. The summed E-state index contributed by atoms with van der Waals surface area (Å²) >= 11 is 6.31. The lowest BCUT2D eigenvalue weighted by molar-refractivity contribution is -0.146. The number of aromatic nitrogens is 2. The van der Waals surface area contributed by atoms with Gasteiger partial charge in [0.2, 0.25) is 5.91 Å². The van der Waals surface area contributed by atoms with Gasteiger partial charge in [-0.05, 0) is 30.0 Å². The normalized spacial score (nSPS) is 20.2. The summed E-state index contributed by atoms with van der Waals surface area (Å²) in [6.07, 6.45) is 4.31. The molecule has 1 fully saturated rings. The van der Waals surface area contributed by atoms with Crippen LogP contribution in [0.2, 0.25) is 5.02 Å². The molecule has 3 rings (SSSR count). The van der Waals surface area contributed by atoms with Gasteiger partial charge in [0.05, 0.1) is 18.5 Å². The molecule has 2 aromatic rings. The second kappa shape index (κ2) is 7.50. The van der Waals surface area contributed by atoms with E-state index in [2.05, 4.69) is 5.10 Å². The van der Waals surface area contributed by atoms with Crippen LogP contribution in [0.25, 0.3) is 0 Å². The molecule has 0 saturated carbocycles. The second-order valence-electron chi connectivity index (χ2n) is 6.94. The molecule has 2 unspecified atom stereocenters. The van der Waals surface area contributed by atoms with E-state index in [0.717, 1.165) is 16.7 Å². The SMILES string of the molecule is Cc1cccc(CC(=O)N2CC(C(=O)O)CC(c3cnn(C)c3)C2)c1Cl. The second-order valence-corrected chi connectivity index (χ2v) is 7.32. The number of amides is 1. The Bertz CT molecular complexity index is 833. The molecule has 1 N–H and O–H groups in total. The summed E-state index contributed by atoms with van der Waals surface area (Å²) in [6, 6.07) is 5.61. The molecule has 1 aliphatic heterocycles. The minimum absolute atomic E-state index is 0.0320. The predicted molar refractivity (Wildman–Crippen MR) is 98.2 cm³/mol. The minimum Gasteiger partial charge on any atom is -0.481 e. The van der Waals surface area contributed by atoms with Crippen molar-refractivity contribution >= 4 is 23.5 Å². The molecule has 0 spiro atoms. The highest BCUT2D eigenvalue weighted by Crippen LogP contribution is 2.31. The third-order valence-electron chi connectivity index (χ3n) is 4.96. The van der Waals surface area contributed by atoms with Crippen molar-refractivity contribution in [1.29, 1.82) is 0 Å². The molecule has 0 bridgehead atoms. The Labute approximate surface area is 157 Å². The Morgan fingerprint density at radius 2 is 2.12 bits per heavy atom. The van der Waals surface area contributed by atoms with Crippen molar-refractivity contribution in [3.8, 4) is 0 Å². The fraction of sp³-hybridized carbons (Fsp3) is 0.421. The minimum atomic E-state index is -0.870. The van der Waals surface area contributed by atoms with Gasteiger partial charge in [0.1, 0.15) is 0 Å². The van der Waals surface area contributed by atoms with Gasteiger partial charge in [0.15, 0.2) is 0 Å². The lowest BCUT2D eigenvalue weighted by Crippen LogP contribution is -2.46. The number of benzene rings is 1. The Hall–Kier alpha value is -2.34. The fourth-order valence-electron chi connectivity index (χ4n) is 3.49. The van der Waals surface area contributed by atoms with Crippen molar-refractivity contribution in [2.45, 2.75) is 25.7 Å². The number of halogens is 1. The number of aliphatic carboxylic acids is 1. The number of carbonyl (C=O) groups excluding carboxylic acids is 1. The van der Waals surface area contributed by atoms with Crippen LogP contribution in [0.5, 0.6) is 0 Å². The van der Waals surface area contributed by atoms with Crippen LogP contribution in [0.3, 0.4) is 0 Å². The topological polar surface area (TPSA) is 75.4 Å². The molecule has 1 aromatic carbocycles. The average molecular weight is 376 g/mol. The Balaban J connectivity index is 1.79. The van der Waals surface area contributed by atoms with Crippen LogP contribution in [0.1, 0.15) is 29.0 Å². The van der Waals surface area contributed by atoms with E-state index >= 15 is 0 Å². The molecular weight excluding hydrogens is 354 g/mol. The first-order valence-corrected chi connectivity index (χ1v) is 8.96. The van der Waals surface area contributed by atoms with Crippen molar-refractivity contribution in [2.24, 2.45) is 13.0 Å². The third kappa shape index (κ3) is 3.90. The highest BCUT2D eigenvalue weighted by molar-refractivity contribution is 6.32. The number of hydrogen-bond acceptors (Lipinski definition) is 3. The van der Waals surface area contributed by atoms with Crippen molar-refractivity contribution in [2.75, 3.05) is 13.1 Å². The lowest BCUT2D eigenvalue weighted by Gasteiger charge is -2.36. The summed E-state index contributed by atoms with van der Waals surface area (Å²) in [5.74, 6) is -1.58. The van der Waals surface area contributed by atoms with E-state index < -0.39 is 11.9 Å². The number of aryl methyl sites for hydroxylation is 2. The maximum absolute atomic E-state index is 12.8. The maximum atomic E-state index is 12.8. The number of hydrogen-bond donors (Lipinski definition) is 1. The van der Waals surface area contributed by atoms with E-state index in [1.54, 1.807) is 15.8 Å². The zero-order chi connectivity index (χ0) is 18.8.